The smallest absolute Gasteiger partial charge is 0.339 e. The Labute approximate surface area is 166 Å². The maximum absolute atomic E-state index is 12.9. The molecule has 0 amide bonds. The molecule has 0 fully saturated rings. The minimum atomic E-state index is -4.03. The molecule has 0 aliphatic rings. The summed E-state index contributed by atoms with van der Waals surface area (Å²) in [5, 5.41) is 1.62. The summed E-state index contributed by atoms with van der Waals surface area (Å²) in [6.45, 7) is 0. The van der Waals surface area contributed by atoms with Crippen LogP contribution in [0.25, 0.3) is 10.8 Å². The van der Waals surface area contributed by atoms with Gasteiger partial charge in [0.05, 0.1) is 5.33 Å². The van der Waals surface area contributed by atoms with E-state index in [4.69, 9.17) is 4.18 Å². The zero-order valence-electron chi connectivity index (χ0n) is 14.8. The summed E-state index contributed by atoms with van der Waals surface area (Å²) in [5.74, 6) is 0.0663. The van der Waals surface area contributed by atoms with Gasteiger partial charge in [-0.3, -0.25) is 4.79 Å². The second-order valence-corrected chi connectivity index (χ2v) is 8.22. The fourth-order valence-electron chi connectivity index (χ4n) is 2.82. The minimum absolute atomic E-state index is 0.0883. The molecule has 3 aromatic rings. The molecule has 0 unspecified atom stereocenters. The Morgan fingerprint density at radius 1 is 0.963 bits per heavy atom. The molecule has 0 aliphatic heterocycles. The Hall–Kier alpha value is -2.38. The summed E-state index contributed by atoms with van der Waals surface area (Å²) in [6, 6.07) is 16.7. The molecule has 3 aromatic carbocycles. The Kier molecular flexibility index (Phi) is 5.53. The highest BCUT2D eigenvalue weighted by atomic mass is 79.9. The second-order valence-electron chi connectivity index (χ2n) is 6.14. The van der Waals surface area contributed by atoms with Crippen molar-refractivity contribution < 1.29 is 17.4 Å². The Morgan fingerprint density at radius 3 is 2.22 bits per heavy atom. The molecule has 0 atom stereocenters. The van der Waals surface area contributed by atoms with Crippen LogP contribution >= 0.6 is 15.9 Å². The van der Waals surface area contributed by atoms with Crippen molar-refractivity contribution >= 4 is 48.3 Å². The molecule has 0 aromatic heterocycles. The van der Waals surface area contributed by atoms with Gasteiger partial charge in [-0.25, -0.2) is 0 Å². The number of halogens is 1. The number of nitrogens with zero attached hydrogens (tertiary/aromatic N) is 1. The van der Waals surface area contributed by atoms with Crippen LogP contribution in [0.1, 0.15) is 10.4 Å². The summed E-state index contributed by atoms with van der Waals surface area (Å²) in [4.78, 5) is 13.7. The van der Waals surface area contributed by atoms with Crippen molar-refractivity contribution in [2.45, 2.75) is 4.90 Å². The van der Waals surface area contributed by atoms with Crippen LogP contribution in [0.2, 0.25) is 0 Å². The van der Waals surface area contributed by atoms with Crippen LogP contribution in [0.5, 0.6) is 5.75 Å². The van der Waals surface area contributed by atoms with E-state index in [0.717, 1.165) is 11.1 Å². The van der Waals surface area contributed by atoms with Gasteiger partial charge < -0.3 is 9.08 Å². The standard InChI is InChI=1S/C20H18BrNO4S/c1-22(2)18-7-3-6-17-16(18)5-4-8-20(17)27(24,25)26-15-11-9-14(10-12-15)19(23)13-21/h3-12H,13H2,1-2H3. The summed E-state index contributed by atoms with van der Waals surface area (Å²) in [5.41, 5.74) is 1.40. The van der Waals surface area contributed by atoms with Crippen LogP contribution in [0, 0.1) is 0 Å². The molecular formula is C20H18BrNO4S. The van der Waals surface area contributed by atoms with Crippen molar-refractivity contribution in [3.8, 4) is 5.75 Å². The number of hydrogen-bond donors (Lipinski definition) is 0. The van der Waals surface area contributed by atoms with Gasteiger partial charge in [0.1, 0.15) is 10.6 Å². The van der Waals surface area contributed by atoms with E-state index in [1.165, 1.54) is 18.2 Å². The number of alkyl halides is 1. The number of carbonyl (C=O) groups excluding carboxylic acids is 1. The van der Waals surface area contributed by atoms with Crippen LogP contribution in [-0.2, 0) is 10.1 Å². The highest BCUT2D eigenvalue weighted by Gasteiger charge is 2.21. The van der Waals surface area contributed by atoms with Crippen molar-refractivity contribution in [2.75, 3.05) is 24.3 Å². The second kappa shape index (κ2) is 7.70. The Morgan fingerprint density at radius 2 is 1.59 bits per heavy atom. The topological polar surface area (TPSA) is 63.7 Å². The number of Topliss-reactive ketones (excluding diaryl/α,β-unsaturated/α-hetero) is 1. The molecule has 0 aliphatic carbocycles. The third kappa shape index (κ3) is 3.99. The summed E-state index contributed by atoms with van der Waals surface area (Å²) in [7, 11) is -0.224. The van der Waals surface area contributed by atoms with Gasteiger partial charge >= 0.3 is 10.1 Å². The molecule has 0 saturated carbocycles. The number of ketones is 1. The van der Waals surface area contributed by atoms with Crippen molar-refractivity contribution in [1.29, 1.82) is 0 Å². The van der Waals surface area contributed by atoms with Gasteiger partial charge in [-0.15, -0.1) is 0 Å². The number of fused-ring (bicyclic) bond motifs is 1. The molecule has 27 heavy (non-hydrogen) atoms. The highest BCUT2D eigenvalue weighted by Crippen LogP contribution is 2.31. The lowest BCUT2D eigenvalue weighted by Gasteiger charge is -2.17. The van der Waals surface area contributed by atoms with Gasteiger partial charge in [-0.05, 0) is 36.4 Å². The fraction of sp³-hybridized carbons (Fsp3) is 0.150. The number of anilines is 1. The predicted octanol–water partition coefficient (Wildman–Crippen LogP) is 4.25. The molecule has 3 rings (SSSR count). The Bertz CT molecular complexity index is 1090. The molecule has 5 nitrogen and oxygen atoms in total. The zero-order chi connectivity index (χ0) is 19.6. The van der Waals surface area contributed by atoms with Crippen LogP contribution < -0.4 is 9.08 Å². The monoisotopic (exact) mass is 447 g/mol. The molecule has 0 N–H and O–H groups in total. The van der Waals surface area contributed by atoms with E-state index in [9.17, 15) is 13.2 Å². The Balaban J connectivity index is 2.00. The van der Waals surface area contributed by atoms with Gasteiger partial charge in [-0.1, -0.05) is 40.2 Å². The van der Waals surface area contributed by atoms with Crippen molar-refractivity contribution in [3.05, 3.63) is 66.2 Å². The molecule has 7 heteroatoms. The predicted molar refractivity (Wildman–Crippen MR) is 111 cm³/mol. The number of benzene rings is 3. The zero-order valence-corrected chi connectivity index (χ0v) is 17.2. The maximum atomic E-state index is 12.9. The lowest BCUT2D eigenvalue weighted by molar-refractivity contribution is 0.102. The number of rotatable bonds is 6. The molecule has 0 bridgehead atoms. The quantitative estimate of drug-likeness (QED) is 0.321. The van der Waals surface area contributed by atoms with Gasteiger partial charge in [0.2, 0.25) is 0 Å². The fourth-order valence-corrected chi connectivity index (χ4v) is 4.29. The van der Waals surface area contributed by atoms with Crippen molar-refractivity contribution in [1.82, 2.24) is 0 Å². The average molecular weight is 448 g/mol. The number of carbonyl (C=O) groups is 1. The van der Waals surface area contributed by atoms with Crippen LogP contribution in [-0.4, -0.2) is 33.6 Å². The maximum Gasteiger partial charge on any atom is 0.339 e. The van der Waals surface area contributed by atoms with Gasteiger partial charge in [-0.2, -0.15) is 8.42 Å². The van der Waals surface area contributed by atoms with Gasteiger partial charge in [0, 0.05) is 36.1 Å². The van der Waals surface area contributed by atoms with Crippen molar-refractivity contribution in [3.63, 3.8) is 0 Å². The molecule has 0 saturated heterocycles. The summed E-state index contributed by atoms with van der Waals surface area (Å²) < 4.78 is 31.0. The molecule has 0 radical (unpaired) electrons. The summed E-state index contributed by atoms with van der Waals surface area (Å²) in [6.07, 6.45) is 0. The van der Waals surface area contributed by atoms with E-state index in [1.54, 1.807) is 24.3 Å². The van der Waals surface area contributed by atoms with Crippen LogP contribution in [0.4, 0.5) is 5.69 Å². The normalized spacial score (nSPS) is 11.4. The molecule has 0 heterocycles. The average Bonchev–Trinajstić information content (AvgIpc) is 2.66. The van der Waals surface area contributed by atoms with E-state index in [-0.39, 0.29) is 21.8 Å². The van der Waals surface area contributed by atoms with Crippen LogP contribution in [0.3, 0.4) is 0 Å². The SMILES string of the molecule is CN(C)c1cccc2c(S(=O)(=O)Oc3ccc(C(=O)CBr)cc3)cccc12. The van der Waals surface area contributed by atoms with Crippen molar-refractivity contribution in [2.24, 2.45) is 0 Å². The molecule has 0 spiro atoms. The van der Waals surface area contributed by atoms with E-state index < -0.39 is 10.1 Å². The van der Waals surface area contributed by atoms with E-state index in [1.807, 2.05) is 37.2 Å². The van der Waals surface area contributed by atoms with Gasteiger partial charge in [0.15, 0.2) is 5.78 Å². The highest BCUT2D eigenvalue weighted by molar-refractivity contribution is 9.09. The lowest BCUT2D eigenvalue weighted by Crippen LogP contribution is -2.12. The molecular weight excluding hydrogens is 430 g/mol. The minimum Gasteiger partial charge on any atom is -0.379 e. The largest absolute Gasteiger partial charge is 0.379 e. The van der Waals surface area contributed by atoms with E-state index in [2.05, 4.69) is 15.9 Å². The van der Waals surface area contributed by atoms with Gasteiger partial charge in [0.25, 0.3) is 0 Å². The first kappa shape index (κ1) is 19.4. The first-order valence-electron chi connectivity index (χ1n) is 8.16. The van der Waals surface area contributed by atoms with E-state index in [0.29, 0.717) is 10.9 Å². The lowest BCUT2D eigenvalue weighted by atomic mass is 10.1. The first-order valence-corrected chi connectivity index (χ1v) is 10.7. The van der Waals surface area contributed by atoms with E-state index >= 15 is 0 Å². The third-order valence-electron chi connectivity index (χ3n) is 4.11. The number of hydrogen-bond acceptors (Lipinski definition) is 5. The van der Waals surface area contributed by atoms with Crippen LogP contribution in [0.15, 0.2) is 65.6 Å². The first-order chi connectivity index (χ1) is 12.8. The summed E-state index contributed by atoms with van der Waals surface area (Å²) >= 11 is 3.11. The third-order valence-corrected chi connectivity index (χ3v) is 5.93. The molecule has 140 valence electrons.